The summed E-state index contributed by atoms with van der Waals surface area (Å²) >= 11 is 1.14. The Kier molecular flexibility index (Phi) is 5.60. The van der Waals surface area contributed by atoms with Crippen LogP contribution >= 0.6 is 11.3 Å². The second kappa shape index (κ2) is 7.93. The maximum absolute atomic E-state index is 12.4. The summed E-state index contributed by atoms with van der Waals surface area (Å²) in [6.45, 7) is 5.02. The number of rotatable bonds is 6. The molecule has 0 saturated carbocycles. The minimum atomic E-state index is -0.463. The number of amides is 1. The first-order valence-electron chi connectivity index (χ1n) is 8.68. The van der Waals surface area contributed by atoms with Crippen molar-refractivity contribution in [2.45, 2.75) is 33.6 Å². The van der Waals surface area contributed by atoms with Crippen LogP contribution in [-0.2, 0) is 11.2 Å². The van der Waals surface area contributed by atoms with Crippen molar-refractivity contribution in [1.29, 1.82) is 0 Å². The molecular weight excluding hydrogens is 380 g/mol. The molecule has 0 aliphatic carbocycles. The van der Waals surface area contributed by atoms with Crippen LogP contribution in [0.3, 0.4) is 0 Å². The number of aryl methyl sites for hydroxylation is 2. The van der Waals surface area contributed by atoms with E-state index < -0.39 is 5.63 Å². The minimum absolute atomic E-state index is 0.0865. The number of nitrogens with one attached hydrogen (secondary N) is 1. The van der Waals surface area contributed by atoms with E-state index in [0.717, 1.165) is 22.3 Å². The quantitative estimate of drug-likeness (QED) is 0.501. The lowest BCUT2D eigenvalue weighted by atomic mass is 10.0. The Labute approximate surface area is 165 Å². The number of aromatic nitrogens is 1. The van der Waals surface area contributed by atoms with Crippen LogP contribution in [0.25, 0.3) is 11.0 Å². The van der Waals surface area contributed by atoms with E-state index in [0.29, 0.717) is 32.6 Å². The fraction of sp³-hybridized carbons (Fsp3) is 0.300. The minimum Gasteiger partial charge on any atom is -0.497 e. The number of ether oxygens (including phenoxy) is 1. The Morgan fingerprint density at radius 2 is 2.04 bits per heavy atom. The maximum Gasteiger partial charge on any atom is 0.339 e. The molecule has 1 amide bonds. The van der Waals surface area contributed by atoms with Gasteiger partial charge in [-0.05, 0) is 38.0 Å². The van der Waals surface area contributed by atoms with Crippen LogP contribution in [0.1, 0.15) is 39.8 Å². The Hall–Kier alpha value is -3.00. The van der Waals surface area contributed by atoms with Crippen LogP contribution in [0.15, 0.2) is 27.4 Å². The second-order valence-corrected chi connectivity index (χ2v) is 7.39. The number of thiazole rings is 1. The van der Waals surface area contributed by atoms with Gasteiger partial charge in [0.15, 0.2) is 10.9 Å². The Bertz CT molecular complexity index is 1130. The molecule has 8 heteroatoms. The standard InChI is InChI=1S/C20H20N2O5S/c1-10-14-6-5-13(26-4)9-16(14)27-19(25)15(10)7-8-17(24)22-20-21-11(2)18(28-20)12(3)23/h5-6,9H,7-8H2,1-4H3,(H,21,22,24). The van der Waals surface area contributed by atoms with E-state index >= 15 is 0 Å². The van der Waals surface area contributed by atoms with Gasteiger partial charge in [0.1, 0.15) is 11.3 Å². The van der Waals surface area contributed by atoms with E-state index in [1.165, 1.54) is 6.92 Å². The SMILES string of the molecule is COc1ccc2c(C)c(CCC(=O)Nc3nc(C)c(C(C)=O)s3)c(=O)oc2c1. The number of carbonyl (C=O) groups excluding carboxylic acids is 2. The largest absolute Gasteiger partial charge is 0.497 e. The molecule has 0 atom stereocenters. The number of hydrogen-bond donors (Lipinski definition) is 1. The average molecular weight is 400 g/mol. The molecule has 28 heavy (non-hydrogen) atoms. The molecule has 7 nitrogen and oxygen atoms in total. The average Bonchev–Trinajstić information content (AvgIpc) is 3.01. The normalized spacial score (nSPS) is 10.9. The van der Waals surface area contributed by atoms with Gasteiger partial charge in [-0.2, -0.15) is 0 Å². The third-order valence-electron chi connectivity index (χ3n) is 4.46. The molecule has 0 aliphatic heterocycles. The summed E-state index contributed by atoms with van der Waals surface area (Å²) in [5.74, 6) is 0.236. The number of hydrogen-bond acceptors (Lipinski definition) is 7. The number of ketones is 1. The van der Waals surface area contributed by atoms with Gasteiger partial charge in [0.2, 0.25) is 5.91 Å². The van der Waals surface area contributed by atoms with Crippen molar-refractivity contribution in [1.82, 2.24) is 4.98 Å². The van der Waals surface area contributed by atoms with Crippen LogP contribution in [-0.4, -0.2) is 23.8 Å². The predicted molar refractivity (Wildman–Crippen MR) is 108 cm³/mol. The molecular formula is C20H20N2O5S. The van der Waals surface area contributed by atoms with Crippen molar-refractivity contribution in [2.24, 2.45) is 0 Å². The summed E-state index contributed by atoms with van der Waals surface area (Å²) in [5, 5.41) is 3.87. The first-order chi connectivity index (χ1) is 13.3. The van der Waals surface area contributed by atoms with Gasteiger partial charge in [-0.3, -0.25) is 9.59 Å². The van der Waals surface area contributed by atoms with E-state index in [1.807, 2.05) is 13.0 Å². The highest BCUT2D eigenvalue weighted by Gasteiger charge is 2.16. The van der Waals surface area contributed by atoms with Crippen molar-refractivity contribution >= 4 is 39.1 Å². The summed E-state index contributed by atoms with van der Waals surface area (Å²) in [4.78, 5) is 40.8. The molecule has 2 aromatic heterocycles. The van der Waals surface area contributed by atoms with Gasteiger partial charge in [-0.25, -0.2) is 9.78 Å². The Morgan fingerprint density at radius 3 is 2.68 bits per heavy atom. The topological polar surface area (TPSA) is 98.5 Å². The lowest BCUT2D eigenvalue weighted by molar-refractivity contribution is -0.116. The van der Waals surface area contributed by atoms with Gasteiger partial charge >= 0.3 is 5.63 Å². The summed E-state index contributed by atoms with van der Waals surface area (Å²) < 4.78 is 10.5. The molecule has 0 radical (unpaired) electrons. The summed E-state index contributed by atoms with van der Waals surface area (Å²) in [6, 6.07) is 5.29. The molecule has 0 aliphatic rings. The van der Waals surface area contributed by atoms with Gasteiger partial charge in [-0.15, -0.1) is 0 Å². The molecule has 3 aromatic rings. The van der Waals surface area contributed by atoms with E-state index in [-0.39, 0.29) is 24.5 Å². The summed E-state index contributed by atoms with van der Waals surface area (Å²) in [5.41, 5.74) is 1.83. The number of nitrogens with zero attached hydrogens (tertiary/aromatic N) is 1. The van der Waals surface area contributed by atoms with Crippen LogP contribution in [0, 0.1) is 13.8 Å². The van der Waals surface area contributed by atoms with Gasteiger partial charge in [-0.1, -0.05) is 11.3 Å². The fourth-order valence-electron chi connectivity index (χ4n) is 2.99. The van der Waals surface area contributed by atoms with Crippen LogP contribution < -0.4 is 15.7 Å². The monoisotopic (exact) mass is 400 g/mol. The van der Waals surface area contributed by atoms with Gasteiger partial charge in [0.05, 0.1) is 17.7 Å². The van der Waals surface area contributed by atoms with Gasteiger partial charge in [0.25, 0.3) is 0 Å². The molecule has 0 spiro atoms. The first kappa shape index (κ1) is 19.8. The lowest BCUT2D eigenvalue weighted by Gasteiger charge is -2.08. The van der Waals surface area contributed by atoms with E-state index in [9.17, 15) is 14.4 Å². The predicted octanol–water partition coefficient (Wildman–Crippen LogP) is 3.65. The zero-order valence-corrected chi connectivity index (χ0v) is 16.9. The number of fused-ring (bicyclic) bond motifs is 1. The molecule has 1 N–H and O–H groups in total. The number of Topliss-reactive ketones (excluding diaryl/α,β-unsaturated/α-hetero) is 1. The third-order valence-corrected chi connectivity index (χ3v) is 5.63. The molecule has 3 rings (SSSR count). The molecule has 0 saturated heterocycles. The molecule has 146 valence electrons. The lowest BCUT2D eigenvalue weighted by Crippen LogP contribution is -2.16. The van der Waals surface area contributed by atoms with Crippen molar-refractivity contribution in [3.8, 4) is 5.75 Å². The highest BCUT2D eigenvalue weighted by molar-refractivity contribution is 7.17. The Balaban J connectivity index is 1.76. The van der Waals surface area contributed by atoms with Crippen LogP contribution in [0.2, 0.25) is 0 Å². The highest BCUT2D eigenvalue weighted by Crippen LogP contribution is 2.25. The third kappa shape index (κ3) is 3.96. The molecule has 0 unspecified atom stereocenters. The van der Waals surface area contributed by atoms with Crippen molar-refractivity contribution in [3.63, 3.8) is 0 Å². The van der Waals surface area contributed by atoms with Crippen LogP contribution in [0.5, 0.6) is 5.75 Å². The summed E-state index contributed by atoms with van der Waals surface area (Å²) in [7, 11) is 1.54. The Morgan fingerprint density at radius 1 is 1.29 bits per heavy atom. The van der Waals surface area contributed by atoms with Crippen LogP contribution in [0.4, 0.5) is 5.13 Å². The number of carbonyl (C=O) groups is 2. The fourth-order valence-corrected chi connectivity index (χ4v) is 3.87. The maximum atomic E-state index is 12.4. The van der Waals surface area contributed by atoms with E-state index in [2.05, 4.69) is 10.3 Å². The van der Waals surface area contributed by atoms with Gasteiger partial charge < -0.3 is 14.5 Å². The zero-order valence-electron chi connectivity index (χ0n) is 16.0. The smallest absolute Gasteiger partial charge is 0.339 e. The van der Waals surface area contributed by atoms with E-state index in [4.69, 9.17) is 9.15 Å². The number of anilines is 1. The number of benzene rings is 1. The molecule has 2 heterocycles. The van der Waals surface area contributed by atoms with Crippen molar-refractivity contribution < 1.29 is 18.7 Å². The second-order valence-electron chi connectivity index (χ2n) is 6.39. The molecule has 1 aromatic carbocycles. The highest BCUT2D eigenvalue weighted by atomic mass is 32.1. The van der Waals surface area contributed by atoms with E-state index in [1.54, 1.807) is 26.2 Å². The number of methoxy groups -OCH3 is 1. The van der Waals surface area contributed by atoms with Gasteiger partial charge in [0, 0.05) is 30.4 Å². The van der Waals surface area contributed by atoms with Crippen molar-refractivity contribution in [3.05, 3.63) is 50.3 Å². The first-order valence-corrected chi connectivity index (χ1v) is 9.50. The van der Waals surface area contributed by atoms with Crippen molar-refractivity contribution in [2.75, 3.05) is 12.4 Å². The summed E-state index contributed by atoms with van der Waals surface area (Å²) in [6.07, 6.45) is 0.340. The zero-order chi connectivity index (χ0) is 20.4. The molecule has 0 bridgehead atoms. The molecule has 0 fully saturated rings.